The number of anilines is 1. The zero-order chi connectivity index (χ0) is 18.4. The van der Waals surface area contributed by atoms with E-state index >= 15 is 0 Å². The van der Waals surface area contributed by atoms with E-state index in [2.05, 4.69) is 29.2 Å². The average Bonchev–Trinajstić information content (AvgIpc) is 2.69. The summed E-state index contributed by atoms with van der Waals surface area (Å²) in [4.78, 5) is 30.9. The third-order valence-corrected chi connectivity index (χ3v) is 5.74. The Morgan fingerprint density at radius 3 is 2.27 bits per heavy atom. The van der Waals surface area contributed by atoms with Gasteiger partial charge in [-0.15, -0.1) is 0 Å². The lowest BCUT2D eigenvalue weighted by atomic mass is 9.94. The third-order valence-electron chi connectivity index (χ3n) is 5.74. The largest absolute Gasteiger partial charge is 0.368 e. The van der Waals surface area contributed by atoms with Gasteiger partial charge in [0.2, 0.25) is 11.8 Å². The maximum Gasteiger partial charge on any atom is 0.224 e. The van der Waals surface area contributed by atoms with Crippen LogP contribution in [0.25, 0.3) is 0 Å². The molecule has 3 rings (SSSR count). The van der Waals surface area contributed by atoms with Gasteiger partial charge >= 0.3 is 0 Å². The fourth-order valence-electron chi connectivity index (χ4n) is 4.22. The molecule has 1 saturated carbocycles. The van der Waals surface area contributed by atoms with Gasteiger partial charge in [0.15, 0.2) is 0 Å². The number of hydrogen-bond acceptors (Lipinski definition) is 3. The first-order valence-corrected chi connectivity index (χ1v) is 10.00. The van der Waals surface area contributed by atoms with E-state index in [1.165, 1.54) is 24.9 Å². The fourth-order valence-corrected chi connectivity index (χ4v) is 4.22. The van der Waals surface area contributed by atoms with Crippen molar-refractivity contribution in [2.75, 3.05) is 37.6 Å². The van der Waals surface area contributed by atoms with Gasteiger partial charge in [0.25, 0.3) is 0 Å². The first kappa shape index (κ1) is 18.7. The van der Waals surface area contributed by atoms with E-state index < -0.39 is 0 Å². The molecule has 0 radical (unpaired) electrons. The molecule has 2 amide bonds. The lowest BCUT2D eigenvalue weighted by Crippen LogP contribution is -2.50. The number of carbonyl (C=O) groups is 2. The topological polar surface area (TPSA) is 43.9 Å². The van der Waals surface area contributed by atoms with Gasteiger partial charge < -0.3 is 14.7 Å². The molecule has 0 bridgehead atoms. The average molecular weight is 357 g/mol. The minimum absolute atomic E-state index is 0.110. The third kappa shape index (κ3) is 4.77. The van der Waals surface area contributed by atoms with Crippen molar-refractivity contribution >= 4 is 17.5 Å². The molecule has 0 unspecified atom stereocenters. The van der Waals surface area contributed by atoms with E-state index in [0.717, 1.165) is 39.0 Å². The highest BCUT2D eigenvalue weighted by Crippen LogP contribution is 2.23. The van der Waals surface area contributed by atoms with Gasteiger partial charge in [0, 0.05) is 57.8 Å². The van der Waals surface area contributed by atoms with E-state index in [1.807, 2.05) is 15.9 Å². The van der Waals surface area contributed by atoms with Crippen molar-refractivity contribution in [2.45, 2.75) is 51.5 Å². The lowest BCUT2D eigenvalue weighted by molar-refractivity contribution is -0.135. The number of para-hydroxylation sites is 1. The van der Waals surface area contributed by atoms with Gasteiger partial charge in [-0.05, 0) is 25.0 Å². The van der Waals surface area contributed by atoms with E-state index in [1.54, 1.807) is 6.92 Å². The molecule has 0 aromatic heterocycles. The molecule has 26 heavy (non-hydrogen) atoms. The Hall–Kier alpha value is -2.04. The summed E-state index contributed by atoms with van der Waals surface area (Å²) in [5.74, 6) is 0.290. The minimum atomic E-state index is 0.110. The monoisotopic (exact) mass is 357 g/mol. The Labute approximate surface area is 156 Å². The quantitative estimate of drug-likeness (QED) is 0.814. The summed E-state index contributed by atoms with van der Waals surface area (Å²) >= 11 is 0. The molecular formula is C21H31N3O2. The second-order valence-electron chi connectivity index (χ2n) is 7.46. The highest BCUT2D eigenvalue weighted by molar-refractivity contribution is 5.78. The number of nitrogens with zero attached hydrogens (tertiary/aromatic N) is 3. The molecule has 0 N–H and O–H groups in total. The zero-order valence-corrected chi connectivity index (χ0v) is 15.9. The summed E-state index contributed by atoms with van der Waals surface area (Å²) in [7, 11) is 0. The van der Waals surface area contributed by atoms with Gasteiger partial charge in [-0.1, -0.05) is 37.5 Å². The van der Waals surface area contributed by atoms with Crippen molar-refractivity contribution in [3.05, 3.63) is 30.3 Å². The molecule has 1 aliphatic heterocycles. The normalized spacial score (nSPS) is 18.7. The Morgan fingerprint density at radius 2 is 1.65 bits per heavy atom. The maximum atomic E-state index is 12.6. The van der Waals surface area contributed by atoms with Crippen molar-refractivity contribution in [1.82, 2.24) is 9.80 Å². The Bertz CT molecular complexity index is 591. The first-order valence-electron chi connectivity index (χ1n) is 10.00. The van der Waals surface area contributed by atoms with Crippen molar-refractivity contribution in [2.24, 2.45) is 0 Å². The Kier molecular flexibility index (Phi) is 6.53. The van der Waals surface area contributed by atoms with Crippen LogP contribution in [0.1, 0.15) is 45.4 Å². The Balaban J connectivity index is 1.47. The standard InChI is InChI=1S/C21H31N3O2/c1-18(25)24(20-10-6-3-7-11-20)13-12-21(26)23-16-14-22(15-17-23)19-8-4-2-5-9-19/h2,4-5,8-9,20H,3,6-7,10-17H2,1H3. The first-order chi connectivity index (χ1) is 12.6. The highest BCUT2D eigenvalue weighted by atomic mass is 16.2. The van der Waals surface area contributed by atoms with Gasteiger partial charge in [0.05, 0.1) is 0 Å². The number of rotatable bonds is 5. The van der Waals surface area contributed by atoms with E-state index in [9.17, 15) is 9.59 Å². The van der Waals surface area contributed by atoms with Crippen LogP contribution in [-0.2, 0) is 9.59 Å². The second kappa shape index (κ2) is 9.06. The van der Waals surface area contributed by atoms with Crippen LogP contribution in [0.15, 0.2) is 30.3 Å². The van der Waals surface area contributed by atoms with Crippen LogP contribution in [0.2, 0.25) is 0 Å². The molecule has 2 aliphatic rings. The summed E-state index contributed by atoms with van der Waals surface area (Å²) in [6.07, 6.45) is 6.29. The van der Waals surface area contributed by atoms with Crippen molar-refractivity contribution in [3.8, 4) is 0 Å². The molecule has 142 valence electrons. The highest BCUT2D eigenvalue weighted by Gasteiger charge is 2.26. The van der Waals surface area contributed by atoms with E-state index in [-0.39, 0.29) is 11.8 Å². The minimum Gasteiger partial charge on any atom is -0.368 e. The number of amides is 2. The molecule has 1 heterocycles. The van der Waals surface area contributed by atoms with E-state index in [4.69, 9.17) is 0 Å². The number of piperazine rings is 1. The summed E-state index contributed by atoms with van der Waals surface area (Å²) in [6.45, 7) is 5.47. The number of carbonyl (C=O) groups excluding carboxylic acids is 2. The van der Waals surface area contributed by atoms with E-state index in [0.29, 0.717) is 19.0 Å². The predicted molar refractivity (Wildman–Crippen MR) is 104 cm³/mol. The van der Waals surface area contributed by atoms with Gasteiger partial charge in [-0.25, -0.2) is 0 Å². The zero-order valence-electron chi connectivity index (χ0n) is 15.9. The van der Waals surface area contributed by atoms with Crippen LogP contribution in [0.3, 0.4) is 0 Å². The van der Waals surface area contributed by atoms with Crippen LogP contribution in [-0.4, -0.2) is 60.4 Å². The van der Waals surface area contributed by atoms with Gasteiger partial charge in [-0.3, -0.25) is 9.59 Å². The number of benzene rings is 1. The molecule has 5 heteroatoms. The number of hydrogen-bond donors (Lipinski definition) is 0. The lowest BCUT2D eigenvalue weighted by Gasteiger charge is -2.37. The van der Waals surface area contributed by atoms with Crippen LogP contribution in [0, 0.1) is 0 Å². The molecule has 1 aliphatic carbocycles. The van der Waals surface area contributed by atoms with Gasteiger partial charge in [-0.2, -0.15) is 0 Å². The molecule has 2 fully saturated rings. The summed E-state index contributed by atoms with van der Waals surface area (Å²) in [5.41, 5.74) is 1.22. The molecule has 1 saturated heterocycles. The molecule has 1 aromatic rings. The fraction of sp³-hybridized carbons (Fsp3) is 0.619. The molecule has 1 aromatic carbocycles. The van der Waals surface area contributed by atoms with Crippen LogP contribution in [0.4, 0.5) is 5.69 Å². The molecular weight excluding hydrogens is 326 g/mol. The van der Waals surface area contributed by atoms with Crippen LogP contribution >= 0.6 is 0 Å². The maximum absolute atomic E-state index is 12.6. The second-order valence-corrected chi connectivity index (χ2v) is 7.46. The van der Waals surface area contributed by atoms with Gasteiger partial charge in [0.1, 0.15) is 0 Å². The molecule has 0 spiro atoms. The summed E-state index contributed by atoms with van der Waals surface area (Å²) in [6, 6.07) is 10.7. The molecule has 5 nitrogen and oxygen atoms in total. The predicted octanol–water partition coefficient (Wildman–Crippen LogP) is 2.91. The summed E-state index contributed by atoms with van der Waals surface area (Å²) in [5, 5.41) is 0. The molecule has 0 atom stereocenters. The van der Waals surface area contributed by atoms with Crippen LogP contribution < -0.4 is 4.90 Å². The Morgan fingerprint density at radius 1 is 1.00 bits per heavy atom. The van der Waals surface area contributed by atoms with Crippen molar-refractivity contribution < 1.29 is 9.59 Å². The van der Waals surface area contributed by atoms with Crippen LogP contribution in [0.5, 0.6) is 0 Å². The van der Waals surface area contributed by atoms with Crippen molar-refractivity contribution in [1.29, 1.82) is 0 Å². The van der Waals surface area contributed by atoms with Crippen molar-refractivity contribution in [3.63, 3.8) is 0 Å². The smallest absolute Gasteiger partial charge is 0.224 e. The SMILES string of the molecule is CC(=O)N(CCC(=O)N1CCN(c2ccccc2)CC1)C1CCCCC1. The summed E-state index contributed by atoms with van der Waals surface area (Å²) < 4.78 is 0.